The molecular weight excluding hydrogens is 316 g/mol. The van der Waals surface area contributed by atoms with Crippen molar-refractivity contribution in [2.24, 2.45) is 11.8 Å². The van der Waals surface area contributed by atoms with Crippen LogP contribution in [-0.4, -0.2) is 33.3 Å². The van der Waals surface area contributed by atoms with Crippen molar-refractivity contribution in [3.8, 4) is 0 Å². The molecule has 0 radical (unpaired) electrons. The minimum absolute atomic E-state index is 0.0795. The average molecular weight is 348 g/mol. The number of carbonyl (C=O) groups is 1. The molecule has 3 aliphatic rings. The van der Waals surface area contributed by atoms with Crippen LogP contribution in [0.15, 0.2) is 23.0 Å². The molecule has 1 aliphatic heterocycles. The molecule has 0 aromatic heterocycles. The van der Waals surface area contributed by atoms with E-state index in [0.717, 1.165) is 19.3 Å². The lowest BCUT2D eigenvalue weighted by Gasteiger charge is -2.43. The molecule has 2 N–H and O–H groups in total. The fourth-order valence-electron chi connectivity index (χ4n) is 5.07. The average Bonchev–Trinajstić information content (AvgIpc) is 3.04. The first-order valence-electron chi connectivity index (χ1n) is 9.67. The third-order valence-corrected chi connectivity index (χ3v) is 6.63. The third-order valence-electron chi connectivity index (χ3n) is 6.63. The molecule has 5 atom stereocenters. The highest BCUT2D eigenvalue weighted by Crippen LogP contribution is 2.58. The first-order chi connectivity index (χ1) is 11.7. The fraction of sp³-hybridized carbons (Fsp3) is 0.762. The molecule has 0 bridgehead atoms. The van der Waals surface area contributed by atoms with E-state index >= 15 is 0 Å². The first kappa shape index (κ1) is 18.7. The second-order valence-electron chi connectivity index (χ2n) is 8.74. The van der Waals surface area contributed by atoms with Crippen LogP contribution in [0.1, 0.15) is 72.6 Å². The van der Waals surface area contributed by atoms with E-state index in [9.17, 15) is 15.0 Å². The number of Topliss-reactive ketones (excluding diaryl/α,β-unsaturated/α-hetero) is 1. The van der Waals surface area contributed by atoms with Gasteiger partial charge in [-0.2, -0.15) is 0 Å². The van der Waals surface area contributed by atoms with Crippen LogP contribution < -0.4 is 0 Å². The molecule has 0 aromatic rings. The number of allylic oxidation sites excluding steroid dienone is 2. The molecule has 1 heterocycles. The van der Waals surface area contributed by atoms with Gasteiger partial charge in [0.2, 0.25) is 0 Å². The van der Waals surface area contributed by atoms with Crippen LogP contribution in [0.2, 0.25) is 0 Å². The molecule has 140 valence electrons. The summed E-state index contributed by atoms with van der Waals surface area (Å²) in [5.41, 5.74) is 0.216. The van der Waals surface area contributed by atoms with Crippen molar-refractivity contribution >= 4 is 5.78 Å². The zero-order valence-electron chi connectivity index (χ0n) is 16.0. The summed E-state index contributed by atoms with van der Waals surface area (Å²) in [6.45, 7) is 8.28. The van der Waals surface area contributed by atoms with E-state index in [1.54, 1.807) is 0 Å². The minimum Gasteiger partial charge on any atom is -0.485 e. The number of carbonyl (C=O) groups excluding carboxylic acids is 1. The van der Waals surface area contributed by atoms with E-state index in [4.69, 9.17) is 4.74 Å². The van der Waals surface area contributed by atoms with Crippen molar-refractivity contribution < 1.29 is 19.7 Å². The van der Waals surface area contributed by atoms with Gasteiger partial charge in [-0.25, -0.2) is 0 Å². The molecule has 1 spiro atoms. The molecule has 2 aliphatic carbocycles. The Bertz CT molecular complexity index is 611. The third kappa shape index (κ3) is 3.08. The Morgan fingerprint density at radius 2 is 2.12 bits per heavy atom. The van der Waals surface area contributed by atoms with Gasteiger partial charge in [0.25, 0.3) is 0 Å². The Balaban J connectivity index is 1.84. The van der Waals surface area contributed by atoms with Crippen LogP contribution in [0.3, 0.4) is 0 Å². The summed E-state index contributed by atoms with van der Waals surface area (Å²) in [6, 6.07) is 0. The maximum absolute atomic E-state index is 12.4. The second-order valence-corrected chi connectivity index (χ2v) is 8.74. The largest absolute Gasteiger partial charge is 0.485 e. The molecule has 25 heavy (non-hydrogen) atoms. The molecule has 0 saturated heterocycles. The summed E-state index contributed by atoms with van der Waals surface area (Å²) in [5, 5.41) is 21.5. The highest BCUT2D eigenvalue weighted by molar-refractivity contribution is 5.97. The number of hydrogen-bond acceptors (Lipinski definition) is 4. The van der Waals surface area contributed by atoms with E-state index < -0.39 is 17.3 Å². The molecule has 0 amide bonds. The summed E-state index contributed by atoms with van der Waals surface area (Å²) in [4.78, 5) is 12.4. The van der Waals surface area contributed by atoms with Gasteiger partial charge in [0.1, 0.15) is 23.1 Å². The summed E-state index contributed by atoms with van der Waals surface area (Å²) < 4.78 is 6.32. The van der Waals surface area contributed by atoms with Gasteiger partial charge < -0.3 is 14.9 Å². The smallest absolute Gasteiger partial charge is 0.162 e. The zero-order chi connectivity index (χ0) is 18.4. The van der Waals surface area contributed by atoms with Crippen LogP contribution in [0.25, 0.3) is 0 Å². The molecule has 1 saturated carbocycles. The van der Waals surface area contributed by atoms with Gasteiger partial charge in [-0.15, -0.1) is 0 Å². The van der Waals surface area contributed by atoms with Gasteiger partial charge in [-0.3, -0.25) is 4.79 Å². The number of ketones is 1. The molecule has 0 aromatic carbocycles. The fourth-order valence-corrected chi connectivity index (χ4v) is 5.07. The van der Waals surface area contributed by atoms with Crippen LogP contribution in [0, 0.1) is 11.8 Å². The number of aliphatic hydroxyl groups excluding tert-OH is 1. The molecule has 4 heteroatoms. The molecular formula is C21H32O4. The second kappa shape index (κ2) is 6.55. The Kier molecular flexibility index (Phi) is 4.89. The predicted molar refractivity (Wildman–Crippen MR) is 96.9 cm³/mol. The lowest BCUT2D eigenvalue weighted by atomic mass is 9.71. The SMILES string of the molecule is CC(C)=CCCC(C)C1CCC(C)(O)C12CC1=C(O2)[C@H](O)CCC1=O. The summed E-state index contributed by atoms with van der Waals surface area (Å²) in [5.74, 6) is 1.10. The van der Waals surface area contributed by atoms with Crippen molar-refractivity contribution in [3.05, 3.63) is 23.0 Å². The zero-order valence-corrected chi connectivity index (χ0v) is 16.0. The van der Waals surface area contributed by atoms with Gasteiger partial charge in [-0.1, -0.05) is 18.6 Å². The molecule has 4 nitrogen and oxygen atoms in total. The van der Waals surface area contributed by atoms with Gasteiger partial charge in [0.15, 0.2) is 5.78 Å². The van der Waals surface area contributed by atoms with E-state index in [1.165, 1.54) is 5.57 Å². The standard InChI is InChI=1S/C21H32O4/c1-13(2)6-5-7-14(3)16-10-11-20(4,24)21(16)12-15-17(22)8-9-18(23)19(15)25-21/h6,14,16,18,23-24H,5,7-12H2,1-4H3/t14?,16?,18-,20?,21?/m1/s1. The normalized spacial score (nSPS) is 38.7. The number of rotatable bonds is 4. The quantitative estimate of drug-likeness (QED) is 0.761. The van der Waals surface area contributed by atoms with Crippen LogP contribution in [0.4, 0.5) is 0 Å². The van der Waals surface area contributed by atoms with Crippen molar-refractivity contribution in [1.29, 1.82) is 0 Å². The van der Waals surface area contributed by atoms with E-state index in [2.05, 4.69) is 26.8 Å². The van der Waals surface area contributed by atoms with Crippen molar-refractivity contribution in [2.45, 2.75) is 89.9 Å². The lowest BCUT2D eigenvalue weighted by molar-refractivity contribution is -0.156. The highest BCUT2D eigenvalue weighted by atomic mass is 16.5. The lowest BCUT2D eigenvalue weighted by Crippen LogP contribution is -2.53. The van der Waals surface area contributed by atoms with E-state index in [1.807, 2.05) is 6.92 Å². The monoisotopic (exact) mass is 348 g/mol. The van der Waals surface area contributed by atoms with Crippen LogP contribution in [-0.2, 0) is 9.53 Å². The number of aliphatic hydroxyl groups is 2. The molecule has 3 rings (SSSR count). The van der Waals surface area contributed by atoms with E-state index in [0.29, 0.717) is 42.9 Å². The Morgan fingerprint density at radius 3 is 2.76 bits per heavy atom. The maximum Gasteiger partial charge on any atom is 0.162 e. The van der Waals surface area contributed by atoms with Gasteiger partial charge in [0.05, 0.1) is 0 Å². The van der Waals surface area contributed by atoms with Crippen LogP contribution >= 0.6 is 0 Å². The van der Waals surface area contributed by atoms with Crippen molar-refractivity contribution in [1.82, 2.24) is 0 Å². The Morgan fingerprint density at radius 1 is 1.40 bits per heavy atom. The first-order valence-corrected chi connectivity index (χ1v) is 9.67. The van der Waals surface area contributed by atoms with Gasteiger partial charge in [-0.05, 0) is 58.8 Å². The minimum atomic E-state index is -0.972. The molecule has 1 fully saturated rings. The maximum atomic E-state index is 12.4. The van der Waals surface area contributed by atoms with Gasteiger partial charge >= 0.3 is 0 Å². The summed E-state index contributed by atoms with van der Waals surface area (Å²) in [6.07, 6.45) is 6.43. The summed E-state index contributed by atoms with van der Waals surface area (Å²) in [7, 11) is 0. The van der Waals surface area contributed by atoms with Gasteiger partial charge in [0, 0.05) is 24.3 Å². The van der Waals surface area contributed by atoms with Crippen molar-refractivity contribution in [3.63, 3.8) is 0 Å². The Hall–Kier alpha value is -1.13. The number of hydrogen-bond donors (Lipinski definition) is 2. The van der Waals surface area contributed by atoms with E-state index in [-0.39, 0.29) is 11.7 Å². The summed E-state index contributed by atoms with van der Waals surface area (Å²) >= 11 is 0. The number of ether oxygens (including phenoxy) is 1. The predicted octanol–water partition coefficient (Wildman–Crippen LogP) is 3.67. The Labute approximate surface area is 151 Å². The highest BCUT2D eigenvalue weighted by Gasteiger charge is 2.64. The molecule has 4 unspecified atom stereocenters. The van der Waals surface area contributed by atoms with Crippen LogP contribution in [0.5, 0.6) is 0 Å². The van der Waals surface area contributed by atoms with Crippen molar-refractivity contribution in [2.75, 3.05) is 0 Å². The topological polar surface area (TPSA) is 66.8 Å².